The van der Waals surface area contributed by atoms with Gasteiger partial charge >= 0.3 is 0 Å². The van der Waals surface area contributed by atoms with Gasteiger partial charge in [0.15, 0.2) is 0 Å². The third-order valence-electron chi connectivity index (χ3n) is 4.83. The summed E-state index contributed by atoms with van der Waals surface area (Å²) < 4.78 is 0. The van der Waals surface area contributed by atoms with E-state index in [4.69, 9.17) is 0 Å². The molecule has 72 valence electrons. The van der Waals surface area contributed by atoms with Crippen molar-refractivity contribution in [3.05, 3.63) is 0 Å². The lowest BCUT2D eigenvalue weighted by molar-refractivity contribution is -0.130. The Morgan fingerprint density at radius 1 is 1.31 bits per heavy atom. The highest BCUT2D eigenvalue weighted by molar-refractivity contribution is 5.90. The number of aliphatic hydroxyl groups is 1. The van der Waals surface area contributed by atoms with E-state index in [1.807, 2.05) is 0 Å². The monoisotopic (exact) mass is 180 g/mol. The van der Waals surface area contributed by atoms with Crippen LogP contribution in [0.25, 0.3) is 0 Å². The number of ketones is 1. The van der Waals surface area contributed by atoms with Crippen LogP contribution in [0.3, 0.4) is 0 Å². The molecule has 0 spiro atoms. The minimum Gasteiger partial charge on any atom is -0.389 e. The van der Waals surface area contributed by atoms with Crippen LogP contribution < -0.4 is 0 Å². The van der Waals surface area contributed by atoms with Crippen LogP contribution in [0.1, 0.15) is 26.7 Å². The summed E-state index contributed by atoms with van der Waals surface area (Å²) in [6, 6.07) is 0. The Labute approximate surface area is 78.3 Å². The van der Waals surface area contributed by atoms with Crippen LogP contribution in [-0.2, 0) is 4.79 Å². The van der Waals surface area contributed by atoms with Gasteiger partial charge in [-0.2, -0.15) is 0 Å². The third-order valence-corrected chi connectivity index (χ3v) is 4.83. The Hall–Kier alpha value is -0.370. The molecule has 1 N–H and O–H groups in total. The lowest BCUT2D eigenvalue weighted by atomic mass is 9.76. The number of carbonyl (C=O) groups excluding carboxylic acids is 1. The molecule has 2 heteroatoms. The summed E-state index contributed by atoms with van der Waals surface area (Å²) in [5.74, 6) is 1.82. The summed E-state index contributed by atoms with van der Waals surface area (Å²) in [6.45, 7) is 4.17. The van der Waals surface area contributed by atoms with E-state index in [0.717, 1.165) is 12.8 Å². The molecule has 0 aromatic carbocycles. The Morgan fingerprint density at radius 2 is 1.77 bits per heavy atom. The van der Waals surface area contributed by atoms with E-state index >= 15 is 0 Å². The highest BCUT2D eigenvalue weighted by Crippen LogP contribution is 2.67. The lowest BCUT2D eigenvalue weighted by Gasteiger charge is -2.35. The van der Waals surface area contributed by atoms with E-state index < -0.39 is 5.60 Å². The molecule has 4 bridgehead atoms. The van der Waals surface area contributed by atoms with Crippen molar-refractivity contribution < 1.29 is 9.90 Å². The summed E-state index contributed by atoms with van der Waals surface area (Å²) in [5, 5.41) is 10.5. The Morgan fingerprint density at radius 3 is 2.08 bits per heavy atom. The number of carbonyl (C=O) groups is 1. The summed E-state index contributed by atoms with van der Waals surface area (Å²) >= 11 is 0. The minimum atomic E-state index is -0.497. The van der Waals surface area contributed by atoms with E-state index in [1.54, 1.807) is 0 Å². The van der Waals surface area contributed by atoms with Crippen molar-refractivity contribution in [2.75, 3.05) is 0 Å². The van der Waals surface area contributed by atoms with Gasteiger partial charge in [-0.25, -0.2) is 0 Å². The van der Waals surface area contributed by atoms with E-state index in [1.165, 1.54) is 0 Å². The van der Waals surface area contributed by atoms with E-state index in [0.29, 0.717) is 23.5 Å². The second kappa shape index (κ2) is 2.00. The normalized spacial score (nSPS) is 57.4. The molecular formula is C11H16O2. The molecule has 4 fully saturated rings. The molecule has 13 heavy (non-hydrogen) atoms. The predicted octanol–water partition coefficient (Wildman–Crippen LogP) is 1.23. The van der Waals surface area contributed by atoms with Crippen molar-refractivity contribution in [3.63, 3.8) is 0 Å². The second-order valence-corrected chi connectivity index (χ2v) is 5.34. The van der Waals surface area contributed by atoms with Crippen LogP contribution in [0.4, 0.5) is 0 Å². The fourth-order valence-electron chi connectivity index (χ4n) is 4.26. The number of Topliss-reactive ketones (excluding diaryl/α,β-unsaturated/α-hetero) is 1. The minimum absolute atomic E-state index is 0.224. The molecule has 0 amide bonds. The molecule has 4 rings (SSSR count). The van der Waals surface area contributed by atoms with Gasteiger partial charge < -0.3 is 5.11 Å². The Kier molecular flexibility index (Phi) is 1.23. The van der Waals surface area contributed by atoms with Crippen LogP contribution >= 0.6 is 0 Å². The maximum Gasteiger partial charge on any atom is 0.139 e. The molecule has 2 nitrogen and oxygen atoms in total. The van der Waals surface area contributed by atoms with Crippen molar-refractivity contribution in [1.29, 1.82) is 0 Å². The van der Waals surface area contributed by atoms with E-state index in [2.05, 4.69) is 13.8 Å². The molecule has 0 saturated heterocycles. The van der Waals surface area contributed by atoms with Crippen LogP contribution in [0.15, 0.2) is 0 Å². The smallest absolute Gasteiger partial charge is 0.139 e. The zero-order valence-corrected chi connectivity index (χ0v) is 8.16. The summed E-state index contributed by atoms with van der Waals surface area (Å²) in [4.78, 5) is 11.6. The summed E-state index contributed by atoms with van der Waals surface area (Å²) in [6.07, 6.45) is 1.95. The maximum atomic E-state index is 11.6. The van der Waals surface area contributed by atoms with Gasteiger partial charge in [0, 0.05) is 11.8 Å². The predicted molar refractivity (Wildman–Crippen MR) is 48.0 cm³/mol. The summed E-state index contributed by atoms with van der Waals surface area (Å²) in [7, 11) is 0. The second-order valence-electron chi connectivity index (χ2n) is 5.34. The largest absolute Gasteiger partial charge is 0.389 e. The first-order valence-electron chi connectivity index (χ1n) is 5.33. The Bertz CT molecular complexity index is 262. The van der Waals surface area contributed by atoms with Crippen molar-refractivity contribution in [2.24, 2.45) is 29.6 Å². The molecule has 4 aliphatic rings. The van der Waals surface area contributed by atoms with Gasteiger partial charge in [0.2, 0.25) is 0 Å². The number of rotatable bonds is 1. The molecule has 0 radical (unpaired) electrons. The molecule has 4 unspecified atom stereocenters. The first kappa shape index (κ1) is 7.98. The average molecular weight is 180 g/mol. The fourth-order valence-corrected chi connectivity index (χ4v) is 4.26. The standard InChI is InChI=1S/C11H16O2/c1-5(2)11(13)8-3-6-9(11)4-7(8)10(6)12/h5-9,13H,3-4H2,1-2H3. The van der Waals surface area contributed by atoms with Gasteiger partial charge in [-0.05, 0) is 30.6 Å². The first-order valence-corrected chi connectivity index (χ1v) is 5.33. The molecule has 0 heterocycles. The molecule has 0 aliphatic heterocycles. The van der Waals surface area contributed by atoms with Gasteiger partial charge in [-0.15, -0.1) is 0 Å². The third kappa shape index (κ3) is 0.622. The quantitative estimate of drug-likeness (QED) is 0.659. The topological polar surface area (TPSA) is 37.3 Å². The highest BCUT2D eigenvalue weighted by atomic mass is 16.3. The number of hydrogen-bond donors (Lipinski definition) is 1. The lowest BCUT2D eigenvalue weighted by Crippen LogP contribution is -2.44. The van der Waals surface area contributed by atoms with Gasteiger partial charge in [-0.3, -0.25) is 4.79 Å². The van der Waals surface area contributed by atoms with Crippen molar-refractivity contribution in [1.82, 2.24) is 0 Å². The fraction of sp³-hybridized carbons (Fsp3) is 0.909. The molecule has 4 saturated carbocycles. The molecular weight excluding hydrogens is 164 g/mol. The summed E-state index contributed by atoms with van der Waals surface area (Å²) in [5.41, 5.74) is -0.497. The van der Waals surface area contributed by atoms with Crippen LogP contribution in [0.2, 0.25) is 0 Å². The molecule has 4 aliphatic carbocycles. The van der Waals surface area contributed by atoms with Gasteiger partial charge in [0.1, 0.15) is 5.78 Å². The molecule has 0 aromatic rings. The zero-order chi connectivity index (χ0) is 9.38. The van der Waals surface area contributed by atoms with Crippen LogP contribution in [0.5, 0.6) is 0 Å². The highest BCUT2D eigenvalue weighted by Gasteiger charge is 2.72. The molecule has 4 atom stereocenters. The zero-order valence-electron chi connectivity index (χ0n) is 8.16. The average Bonchev–Trinajstić information content (AvgIpc) is 2.72. The van der Waals surface area contributed by atoms with Gasteiger partial charge in [-0.1, -0.05) is 13.8 Å². The van der Waals surface area contributed by atoms with Crippen LogP contribution in [-0.4, -0.2) is 16.5 Å². The van der Waals surface area contributed by atoms with Gasteiger partial charge in [0.05, 0.1) is 5.60 Å². The molecule has 0 aromatic heterocycles. The van der Waals surface area contributed by atoms with Gasteiger partial charge in [0.25, 0.3) is 0 Å². The van der Waals surface area contributed by atoms with E-state index in [-0.39, 0.29) is 11.8 Å². The van der Waals surface area contributed by atoms with Crippen molar-refractivity contribution in [2.45, 2.75) is 32.3 Å². The number of hydrogen-bond acceptors (Lipinski definition) is 2. The SMILES string of the molecule is CC(C)C1(O)C2CC3C(=O)C2CC31. The Balaban J connectivity index is 2.05. The van der Waals surface area contributed by atoms with E-state index in [9.17, 15) is 9.90 Å². The first-order chi connectivity index (χ1) is 6.06. The maximum absolute atomic E-state index is 11.6. The van der Waals surface area contributed by atoms with Crippen molar-refractivity contribution >= 4 is 5.78 Å². The van der Waals surface area contributed by atoms with Crippen LogP contribution in [0, 0.1) is 29.6 Å². The van der Waals surface area contributed by atoms with Crippen molar-refractivity contribution in [3.8, 4) is 0 Å².